The minimum Gasteiger partial charge on any atom is -0.457 e. The van der Waals surface area contributed by atoms with E-state index >= 15 is 0 Å². The zero-order chi connectivity index (χ0) is 22.6. The van der Waals surface area contributed by atoms with Crippen molar-refractivity contribution in [2.75, 3.05) is 13.1 Å². The topological polar surface area (TPSA) is 75.7 Å². The summed E-state index contributed by atoms with van der Waals surface area (Å²) in [5, 5.41) is 3.75. The van der Waals surface area contributed by atoms with Crippen LogP contribution in [0, 0.1) is 5.92 Å². The minimum atomic E-state index is -3.73. The molecule has 32 heavy (non-hydrogen) atoms. The number of rotatable bonds is 6. The summed E-state index contributed by atoms with van der Waals surface area (Å²) in [6.07, 6.45) is 6.92. The van der Waals surface area contributed by atoms with Crippen molar-refractivity contribution in [1.29, 1.82) is 0 Å². The highest BCUT2D eigenvalue weighted by molar-refractivity contribution is 7.89. The first-order chi connectivity index (χ1) is 15.4. The highest BCUT2D eigenvalue weighted by atomic mass is 35.5. The number of halogens is 1. The Balaban J connectivity index is 1.44. The van der Waals surface area contributed by atoms with Gasteiger partial charge in [-0.1, -0.05) is 36.9 Å². The van der Waals surface area contributed by atoms with E-state index < -0.39 is 10.0 Å². The lowest BCUT2D eigenvalue weighted by molar-refractivity contribution is -0.127. The van der Waals surface area contributed by atoms with Crippen LogP contribution < -0.4 is 10.1 Å². The highest BCUT2D eigenvalue weighted by Gasteiger charge is 2.34. The molecule has 2 aromatic rings. The first-order valence-electron chi connectivity index (χ1n) is 11.3. The van der Waals surface area contributed by atoms with Crippen molar-refractivity contribution in [1.82, 2.24) is 9.62 Å². The standard InChI is InChI=1S/C24H29ClN2O4S/c25-19-11-13-21(14-12-19)31-22-9-4-10-23(16-22)32(29,30)27-15-5-6-18(17-27)24(28)26-20-7-2-1-3-8-20/h4,9-14,16,18,20H,1-3,5-8,15,17H2,(H,26,28). The molecule has 2 aromatic carbocycles. The van der Waals surface area contributed by atoms with Crippen molar-refractivity contribution in [3.63, 3.8) is 0 Å². The van der Waals surface area contributed by atoms with Crippen LogP contribution in [0.3, 0.4) is 0 Å². The molecule has 1 N–H and O–H groups in total. The Kier molecular flexibility index (Phi) is 7.38. The molecule has 1 aliphatic heterocycles. The van der Waals surface area contributed by atoms with Crippen LogP contribution in [-0.4, -0.2) is 37.8 Å². The van der Waals surface area contributed by atoms with Crippen LogP contribution in [0.1, 0.15) is 44.9 Å². The van der Waals surface area contributed by atoms with E-state index in [1.165, 1.54) is 16.8 Å². The van der Waals surface area contributed by atoms with E-state index in [4.69, 9.17) is 16.3 Å². The van der Waals surface area contributed by atoms with Gasteiger partial charge in [-0.25, -0.2) is 8.42 Å². The molecule has 1 saturated heterocycles. The summed E-state index contributed by atoms with van der Waals surface area (Å²) < 4.78 is 33.9. The summed E-state index contributed by atoms with van der Waals surface area (Å²) in [5.41, 5.74) is 0. The van der Waals surface area contributed by atoms with E-state index in [1.807, 2.05) is 0 Å². The molecule has 2 fully saturated rings. The van der Waals surface area contributed by atoms with Crippen molar-refractivity contribution >= 4 is 27.5 Å². The molecule has 0 aromatic heterocycles. The molecule has 1 unspecified atom stereocenters. The molecule has 8 heteroatoms. The average Bonchev–Trinajstić information content (AvgIpc) is 2.81. The maximum Gasteiger partial charge on any atom is 0.243 e. The Morgan fingerprint density at radius 2 is 1.72 bits per heavy atom. The minimum absolute atomic E-state index is 0.0170. The number of carbonyl (C=O) groups excluding carboxylic acids is 1. The van der Waals surface area contributed by atoms with E-state index in [0.717, 1.165) is 25.7 Å². The summed E-state index contributed by atoms with van der Waals surface area (Å²) in [5.74, 6) is 0.670. The molecule has 4 rings (SSSR count). The van der Waals surface area contributed by atoms with Gasteiger partial charge in [0.25, 0.3) is 0 Å². The number of hydrogen-bond acceptors (Lipinski definition) is 4. The second-order valence-corrected chi connectivity index (χ2v) is 11.0. The van der Waals surface area contributed by atoms with Crippen LogP contribution in [0.25, 0.3) is 0 Å². The third-order valence-corrected chi connectivity index (χ3v) is 8.31. The lowest BCUT2D eigenvalue weighted by Gasteiger charge is -2.32. The third-order valence-electron chi connectivity index (χ3n) is 6.20. The summed E-state index contributed by atoms with van der Waals surface area (Å²) in [4.78, 5) is 13.0. The molecule has 1 heterocycles. The number of sulfonamides is 1. The number of piperidine rings is 1. The van der Waals surface area contributed by atoms with Gasteiger partial charge in [-0.05, 0) is 62.1 Å². The number of ether oxygens (including phenoxy) is 1. The van der Waals surface area contributed by atoms with E-state index in [2.05, 4.69) is 5.32 Å². The molecule has 6 nitrogen and oxygen atoms in total. The van der Waals surface area contributed by atoms with Crippen LogP contribution in [0.5, 0.6) is 11.5 Å². The molecule has 0 bridgehead atoms. The zero-order valence-corrected chi connectivity index (χ0v) is 19.6. The summed E-state index contributed by atoms with van der Waals surface area (Å²) >= 11 is 5.91. The van der Waals surface area contributed by atoms with E-state index in [0.29, 0.717) is 35.9 Å². The monoisotopic (exact) mass is 476 g/mol. The van der Waals surface area contributed by atoms with Crippen LogP contribution in [0.2, 0.25) is 5.02 Å². The molecule has 1 saturated carbocycles. The van der Waals surface area contributed by atoms with Crippen molar-refractivity contribution in [2.45, 2.75) is 55.9 Å². The predicted molar refractivity (Wildman–Crippen MR) is 124 cm³/mol. The van der Waals surface area contributed by atoms with Crippen LogP contribution in [0.4, 0.5) is 0 Å². The Morgan fingerprint density at radius 1 is 0.969 bits per heavy atom. The van der Waals surface area contributed by atoms with Gasteiger partial charge in [0, 0.05) is 30.2 Å². The molecular formula is C24H29ClN2O4S. The number of hydrogen-bond donors (Lipinski definition) is 1. The van der Waals surface area contributed by atoms with Gasteiger partial charge in [0.05, 0.1) is 10.8 Å². The lowest BCUT2D eigenvalue weighted by Crippen LogP contribution is -2.47. The van der Waals surface area contributed by atoms with E-state index in [-0.39, 0.29) is 29.3 Å². The SMILES string of the molecule is O=C(NC1CCCCC1)C1CCCN(S(=O)(=O)c2cccc(Oc3ccc(Cl)cc3)c2)C1. The summed E-state index contributed by atoms with van der Waals surface area (Å²) in [7, 11) is -3.73. The Labute approximate surface area is 195 Å². The second-order valence-electron chi connectivity index (χ2n) is 8.58. The average molecular weight is 477 g/mol. The normalized spacial score (nSPS) is 20.6. The van der Waals surface area contributed by atoms with Gasteiger partial charge in [-0.3, -0.25) is 4.79 Å². The number of nitrogens with one attached hydrogen (secondary N) is 1. The lowest BCUT2D eigenvalue weighted by atomic mass is 9.93. The smallest absolute Gasteiger partial charge is 0.243 e. The van der Waals surface area contributed by atoms with Crippen LogP contribution in [0.15, 0.2) is 53.4 Å². The second kappa shape index (κ2) is 10.2. The Hall–Kier alpha value is -2.09. The molecule has 0 radical (unpaired) electrons. The molecule has 2 aliphatic rings. The largest absolute Gasteiger partial charge is 0.457 e. The number of benzene rings is 2. The number of nitrogens with zero attached hydrogens (tertiary/aromatic N) is 1. The summed E-state index contributed by atoms with van der Waals surface area (Å²) in [6.45, 7) is 0.626. The number of amides is 1. The molecule has 0 spiro atoms. The fourth-order valence-corrected chi connectivity index (χ4v) is 6.11. The maximum atomic E-state index is 13.3. The van der Waals surface area contributed by atoms with Gasteiger partial charge >= 0.3 is 0 Å². The van der Waals surface area contributed by atoms with Gasteiger partial charge in [-0.15, -0.1) is 0 Å². The fourth-order valence-electron chi connectivity index (χ4n) is 4.43. The van der Waals surface area contributed by atoms with Gasteiger partial charge < -0.3 is 10.1 Å². The molecule has 1 atom stereocenters. The van der Waals surface area contributed by atoms with Crippen molar-refractivity contribution in [2.24, 2.45) is 5.92 Å². The van der Waals surface area contributed by atoms with Crippen LogP contribution in [-0.2, 0) is 14.8 Å². The quantitative estimate of drug-likeness (QED) is 0.637. The van der Waals surface area contributed by atoms with E-state index in [9.17, 15) is 13.2 Å². The van der Waals surface area contributed by atoms with Crippen molar-refractivity contribution in [3.8, 4) is 11.5 Å². The molecule has 172 valence electrons. The Bertz CT molecular complexity index is 1040. The molecule has 1 aliphatic carbocycles. The maximum absolute atomic E-state index is 13.3. The van der Waals surface area contributed by atoms with Gasteiger partial charge in [0.1, 0.15) is 11.5 Å². The van der Waals surface area contributed by atoms with E-state index in [1.54, 1.807) is 42.5 Å². The van der Waals surface area contributed by atoms with Gasteiger partial charge in [0.2, 0.25) is 15.9 Å². The Morgan fingerprint density at radius 3 is 2.47 bits per heavy atom. The number of carbonyl (C=O) groups is 1. The molecular weight excluding hydrogens is 448 g/mol. The summed E-state index contributed by atoms with van der Waals surface area (Å²) in [6, 6.07) is 13.6. The highest BCUT2D eigenvalue weighted by Crippen LogP contribution is 2.29. The van der Waals surface area contributed by atoms with Gasteiger partial charge in [-0.2, -0.15) is 4.31 Å². The van der Waals surface area contributed by atoms with Crippen LogP contribution >= 0.6 is 11.6 Å². The van der Waals surface area contributed by atoms with Crippen molar-refractivity contribution in [3.05, 3.63) is 53.6 Å². The van der Waals surface area contributed by atoms with Gasteiger partial charge in [0.15, 0.2) is 0 Å². The third kappa shape index (κ3) is 5.63. The zero-order valence-electron chi connectivity index (χ0n) is 18.0. The first-order valence-corrected chi connectivity index (χ1v) is 13.1. The first kappa shape index (κ1) is 23.1. The predicted octanol–water partition coefficient (Wildman–Crippen LogP) is 4.98. The molecule has 1 amide bonds. The fraction of sp³-hybridized carbons (Fsp3) is 0.458. The van der Waals surface area contributed by atoms with Crippen molar-refractivity contribution < 1.29 is 17.9 Å².